The molecule has 0 saturated heterocycles. The summed E-state index contributed by atoms with van der Waals surface area (Å²) in [6, 6.07) is 9.16. The summed E-state index contributed by atoms with van der Waals surface area (Å²) in [6.07, 6.45) is 5.19. The van der Waals surface area contributed by atoms with Crippen molar-refractivity contribution in [2.75, 3.05) is 11.1 Å². The molecule has 30 heavy (non-hydrogen) atoms. The van der Waals surface area contributed by atoms with Crippen LogP contribution in [0, 0.1) is 6.92 Å². The minimum Gasteiger partial charge on any atom is -0.348 e. The van der Waals surface area contributed by atoms with E-state index in [1.807, 2.05) is 13.0 Å². The molecule has 2 aromatic heterocycles. The molecule has 10 heteroatoms. The second-order valence-corrected chi connectivity index (χ2v) is 8.37. The maximum Gasteiger partial charge on any atom is 0.271 e. The van der Waals surface area contributed by atoms with E-state index in [0.717, 1.165) is 18.4 Å². The molecule has 0 atom stereocenters. The molecule has 0 spiro atoms. The van der Waals surface area contributed by atoms with Gasteiger partial charge in [-0.2, -0.15) is 0 Å². The molecule has 1 aliphatic rings. The minimum absolute atomic E-state index is 0.155. The van der Waals surface area contributed by atoms with E-state index < -0.39 is 0 Å². The first-order chi connectivity index (χ1) is 14.5. The number of hydrogen-bond donors (Lipinski definition) is 2. The van der Waals surface area contributed by atoms with Gasteiger partial charge < -0.3 is 10.6 Å². The van der Waals surface area contributed by atoms with E-state index >= 15 is 0 Å². The Hall–Kier alpha value is -2.91. The SMILES string of the molecule is Cc1ccc(Cl)cc1NC(=O)CSc1ccc(-n2cnc(C(=O)NC3CC3)c2)nn1. The van der Waals surface area contributed by atoms with Crippen molar-refractivity contribution in [2.45, 2.75) is 30.8 Å². The molecule has 1 aromatic carbocycles. The van der Waals surface area contributed by atoms with Crippen LogP contribution in [0.25, 0.3) is 5.82 Å². The largest absolute Gasteiger partial charge is 0.348 e. The van der Waals surface area contributed by atoms with E-state index in [1.54, 1.807) is 35.0 Å². The van der Waals surface area contributed by atoms with E-state index in [2.05, 4.69) is 25.8 Å². The van der Waals surface area contributed by atoms with Crippen LogP contribution in [-0.2, 0) is 4.79 Å². The lowest BCUT2D eigenvalue weighted by Gasteiger charge is -2.08. The van der Waals surface area contributed by atoms with Crippen molar-refractivity contribution in [2.24, 2.45) is 0 Å². The van der Waals surface area contributed by atoms with Crippen molar-refractivity contribution < 1.29 is 9.59 Å². The quantitative estimate of drug-likeness (QED) is 0.544. The molecule has 0 unspecified atom stereocenters. The Morgan fingerprint density at radius 3 is 2.80 bits per heavy atom. The number of halogens is 1. The first-order valence-electron chi connectivity index (χ1n) is 9.36. The molecule has 0 radical (unpaired) electrons. The molecule has 2 heterocycles. The summed E-state index contributed by atoms with van der Waals surface area (Å²) in [5.41, 5.74) is 1.97. The molecular weight excluding hydrogens is 424 g/mol. The fourth-order valence-corrected chi connectivity index (χ4v) is 3.42. The zero-order valence-electron chi connectivity index (χ0n) is 16.1. The van der Waals surface area contributed by atoms with E-state index in [9.17, 15) is 9.59 Å². The fourth-order valence-electron chi connectivity index (χ4n) is 2.63. The van der Waals surface area contributed by atoms with Crippen molar-refractivity contribution in [3.8, 4) is 5.82 Å². The molecule has 1 aliphatic carbocycles. The maximum atomic E-state index is 12.2. The highest BCUT2D eigenvalue weighted by atomic mass is 35.5. The molecule has 3 aromatic rings. The van der Waals surface area contributed by atoms with Gasteiger partial charge in [0, 0.05) is 22.9 Å². The molecule has 1 saturated carbocycles. The number of aromatic nitrogens is 4. The highest BCUT2D eigenvalue weighted by Crippen LogP contribution is 2.22. The van der Waals surface area contributed by atoms with E-state index in [1.165, 1.54) is 18.1 Å². The average Bonchev–Trinajstić information content (AvgIpc) is 3.41. The predicted octanol–water partition coefficient (Wildman–Crippen LogP) is 3.25. The van der Waals surface area contributed by atoms with Crippen molar-refractivity contribution in [3.05, 3.63) is 59.1 Å². The van der Waals surface area contributed by atoms with Crippen LogP contribution in [0.1, 0.15) is 28.9 Å². The van der Waals surface area contributed by atoms with Crippen molar-refractivity contribution >= 4 is 40.9 Å². The highest BCUT2D eigenvalue weighted by molar-refractivity contribution is 7.99. The summed E-state index contributed by atoms with van der Waals surface area (Å²) in [4.78, 5) is 28.4. The maximum absolute atomic E-state index is 12.2. The summed E-state index contributed by atoms with van der Waals surface area (Å²) in [7, 11) is 0. The second kappa shape index (κ2) is 8.85. The van der Waals surface area contributed by atoms with Crippen molar-refractivity contribution in [1.29, 1.82) is 0 Å². The summed E-state index contributed by atoms with van der Waals surface area (Å²) in [5.74, 6) is 0.391. The Labute approximate surface area is 182 Å². The number of nitrogens with one attached hydrogen (secondary N) is 2. The van der Waals surface area contributed by atoms with Crippen LogP contribution < -0.4 is 10.6 Å². The molecule has 1 fully saturated rings. The van der Waals surface area contributed by atoms with Gasteiger partial charge in [-0.25, -0.2) is 4.98 Å². The van der Waals surface area contributed by atoms with Gasteiger partial charge in [0.15, 0.2) is 5.82 Å². The lowest BCUT2D eigenvalue weighted by Crippen LogP contribution is -2.25. The monoisotopic (exact) mass is 442 g/mol. The first-order valence-corrected chi connectivity index (χ1v) is 10.7. The van der Waals surface area contributed by atoms with Crippen LogP contribution in [0.5, 0.6) is 0 Å². The van der Waals surface area contributed by atoms with E-state index in [0.29, 0.717) is 27.2 Å². The van der Waals surface area contributed by atoms with Crippen LogP contribution in [0.2, 0.25) is 5.02 Å². The zero-order chi connectivity index (χ0) is 21.1. The summed E-state index contributed by atoms with van der Waals surface area (Å²) < 4.78 is 1.64. The Morgan fingerprint density at radius 1 is 1.23 bits per heavy atom. The summed E-state index contributed by atoms with van der Waals surface area (Å²) in [5, 5.41) is 15.2. The number of amides is 2. The van der Waals surface area contributed by atoms with Crippen molar-refractivity contribution in [3.63, 3.8) is 0 Å². The third kappa shape index (κ3) is 5.17. The number of anilines is 1. The number of thioether (sulfide) groups is 1. The molecule has 4 rings (SSSR count). The van der Waals surface area contributed by atoms with Crippen LogP contribution >= 0.6 is 23.4 Å². The van der Waals surface area contributed by atoms with Gasteiger partial charge in [-0.1, -0.05) is 29.4 Å². The molecule has 2 amide bonds. The number of hydrogen-bond acceptors (Lipinski definition) is 6. The third-order valence-electron chi connectivity index (χ3n) is 4.44. The summed E-state index contributed by atoms with van der Waals surface area (Å²) in [6.45, 7) is 1.90. The predicted molar refractivity (Wildman–Crippen MR) is 115 cm³/mol. The normalized spacial score (nSPS) is 13.1. The lowest BCUT2D eigenvalue weighted by atomic mass is 10.2. The second-order valence-electron chi connectivity index (χ2n) is 6.94. The van der Waals surface area contributed by atoms with Crippen LogP contribution in [0.15, 0.2) is 47.9 Å². The zero-order valence-corrected chi connectivity index (χ0v) is 17.7. The van der Waals surface area contributed by atoms with Gasteiger partial charge in [-0.05, 0) is 49.6 Å². The number of aryl methyl sites for hydroxylation is 1. The Kier molecular flexibility index (Phi) is 6.01. The van der Waals surface area contributed by atoms with Gasteiger partial charge in [-0.15, -0.1) is 10.2 Å². The molecule has 0 bridgehead atoms. The Bertz CT molecular complexity index is 1080. The van der Waals surface area contributed by atoms with Gasteiger partial charge >= 0.3 is 0 Å². The Morgan fingerprint density at radius 2 is 2.07 bits per heavy atom. The molecule has 0 aliphatic heterocycles. The first kappa shape index (κ1) is 20.4. The van der Waals surface area contributed by atoms with Crippen LogP contribution in [0.4, 0.5) is 5.69 Å². The average molecular weight is 443 g/mol. The highest BCUT2D eigenvalue weighted by Gasteiger charge is 2.24. The minimum atomic E-state index is -0.183. The number of carbonyl (C=O) groups is 2. The molecule has 2 N–H and O–H groups in total. The lowest BCUT2D eigenvalue weighted by molar-refractivity contribution is -0.113. The van der Waals surface area contributed by atoms with Crippen molar-refractivity contribution in [1.82, 2.24) is 25.1 Å². The number of benzene rings is 1. The topological polar surface area (TPSA) is 102 Å². The number of nitrogens with zero attached hydrogens (tertiary/aromatic N) is 4. The standard InChI is InChI=1S/C20H19ClN6O2S/c1-12-2-3-13(21)8-15(12)24-18(28)10-30-19-7-6-17(25-26-19)27-9-16(22-11-27)20(29)23-14-4-5-14/h2-3,6-9,11,14H,4-5,10H2,1H3,(H,23,29)(H,24,28). The number of rotatable bonds is 7. The molecule has 8 nitrogen and oxygen atoms in total. The van der Waals surface area contributed by atoms with E-state index in [-0.39, 0.29) is 23.6 Å². The van der Waals surface area contributed by atoms with Gasteiger partial charge in [0.05, 0.1) is 5.75 Å². The van der Waals surface area contributed by atoms with Gasteiger partial charge in [-0.3, -0.25) is 14.2 Å². The van der Waals surface area contributed by atoms with Crippen LogP contribution in [0.3, 0.4) is 0 Å². The van der Waals surface area contributed by atoms with Gasteiger partial charge in [0.2, 0.25) is 5.91 Å². The molecule has 154 valence electrons. The van der Waals surface area contributed by atoms with E-state index in [4.69, 9.17) is 11.6 Å². The molecular formula is C20H19ClN6O2S. The number of imidazole rings is 1. The third-order valence-corrected chi connectivity index (χ3v) is 5.60. The summed E-state index contributed by atoms with van der Waals surface area (Å²) >= 11 is 7.26. The van der Waals surface area contributed by atoms with Crippen LogP contribution in [-0.4, -0.2) is 43.4 Å². The fraction of sp³-hybridized carbons (Fsp3) is 0.250. The van der Waals surface area contributed by atoms with Gasteiger partial charge in [0.1, 0.15) is 17.0 Å². The smallest absolute Gasteiger partial charge is 0.271 e. The number of carbonyl (C=O) groups excluding carboxylic acids is 2. The Balaban J connectivity index is 1.32. The van der Waals surface area contributed by atoms with Gasteiger partial charge in [0.25, 0.3) is 5.91 Å².